The van der Waals surface area contributed by atoms with Crippen molar-refractivity contribution < 1.29 is 9.53 Å². The largest absolute Gasteiger partial charge is 0.465 e. The molecule has 1 aromatic carbocycles. The van der Waals surface area contributed by atoms with E-state index in [-0.39, 0.29) is 5.97 Å². The first-order valence-electron chi connectivity index (χ1n) is 15.7. The van der Waals surface area contributed by atoms with E-state index in [2.05, 4.69) is 52.8 Å². The third kappa shape index (κ3) is 3.73. The molecule has 5 aliphatic rings. The predicted octanol–water partition coefficient (Wildman–Crippen LogP) is 8.13. The van der Waals surface area contributed by atoms with Crippen LogP contribution in [0.1, 0.15) is 108 Å². The maximum Gasteiger partial charge on any atom is 0.337 e. The normalized spacial score (nSPS) is 46.6. The molecule has 6 rings (SSSR count). The Morgan fingerprint density at radius 2 is 1.63 bits per heavy atom. The van der Waals surface area contributed by atoms with Crippen molar-refractivity contribution in [2.45, 2.75) is 98.4 Å². The molecule has 0 aromatic heterocycles. The van der Waals surface area contributed by atoms with Gasteiger partial charge in [-0.05, 0) is 146 Å². The van der Waals surface area contributed by atoms with E-state index in [1.165, 1.54) is 76.0 Å². The molecule has 3 nitrogen and oxygen atoms in total. The third-order valence-electron chi connectivity index (χ3n) is 13.6. The van der Waals surface area contributed by atoms with Crippen molar-refractivity contribution in [3.8, 4) is 0 Å². The van der Waals surface area contributed by atoms with E-state index in [1.807, 2.05) is 12.1 Å². The second-order valence-electron chi connectivity index (χ2n) is 15.1. The van der Waals surface area contributed by atoms with Gasteiger partial charge < -0.3 is 10.5 Å². The van der Waals surface area contributed by atoms with Gasteiger partial charge in [-0.1, -0.05) is 45.9 Å². The highest BCUT2D eigenvalue weighted by atomic mass is 16.5. The highest BCUT2D eigenvalue weighted by Crippen LogP contribution is 2.72. The Labute approximate surface area is 231 Å². The van der Waals surface area contributed by atoms with Crippen molar-refractivity contribution in [1.82, 2.24) is 0 Å². The van der Waals surface area contributed by atoms with Gasteiger partial charge in [-0.3, -0.25) is 0 Å². The minimum atomic E-state index is -0.259. The van der Waals surface area contributed by atoms with E-state index in [4.69, 9.17) is 10.5 Å². The number of esters is 1. The summed E-state index contributed by atoms with van der Waals surface area (Å²) < 4.78 is 4.91. The van der Waals surface area contributed by atoms with E-state index in [9.17, 15) is 4.79 Å². The zero-order chi connectivity index (χ0) is 27.0. The van der Waals surface area contributed by atoms with Crippen LogP contribution in [0.4, 0.5) is 0 Å². The zero-order valence-corrected chi connectivity index (χ0v) is 24.8. The first kappa shape index (κ1) is 26.6. The van der Waals surface area contributed by atoms with Gasteiger partial charge in [-0.15, -0.1) is 0 Å². The summed E-state index contributed by atoms with van der Waals surface area (Å²) >= 11 is 0. The molecule has 1 aromatic rings. The fraction of sp³-hybridized carbons (Fsp3) is 0.743. The Morgan fingerprint density at radius 3 is 2.32 bits per heavy atom. The molecule has 11 atom stereocenters. The Bertz CT molecular complexity index is 1110. The van der Waals surface area contributed by atoms with Gasteiger partial charge in [-0.25, -0.2) is 4.79 Å². The summed E-state index contributed by atoms with van der Waals surface area (Å²) in [5, 5.41) is 0. The topological polar surface area (TPSA) is 52.3 Å². The van der Waals surface area contributed by atoms with Crippen molar-refractivity contribution in [2.75, 3.05) is 7.11 Å². The van der Waals surface area contributed by atoms with Crippen LogP contribution in [0.3, 0.4) is 0 Å². The van der Waals surface area contributed by atoms with Crippen LogP contribution in [0.5, 0.6) is 0 Å². The van der Waals surface area contributed by atoms with E-state index in [0.29, 0.717) is 33.8 Å². The maximum atomic E-state index is 11.9. The molecule has 208 valence electrons. The Morgan fingerprint density at radius 1 is 0.947 bits per heavy atom. The molecule has 4 fully saturated rings. The number of fused-ring (bicyclic) bond motifs is 7. The van der Waals surface area contributed by atoms with Crippen molar-refractivity contribution in [3.63, 3.8) is 0 Å². The molecule has 0 bridgehead atoms. The number of carbonyl (C=O) groups is 1. The summed E-state index contributed by atoms with van der Waals surface area (Å²) in [5.74, 6) is 5.17. The number of hydrogen-bond acceptors (Lipinski definition) is 3. The summed E-state index contributed by atoms with van der Waals surface area (Å²) in [6, 6.07) is 8.45. The lowest BCUT2D eigenvalue weighted by Crippen LogP contribution is -2.60. The average Bonchev–Trinajstić information content (AvgIpc) is 3.26. The summed E-state index contributed by atoms with van der Waals surface area (Å²) in [7, 11) is 1.45. The van der Waals surface area contributed by atoms with Crippen LogP contribution in [0, 0.1) is 57.7 Å². The molecule has 0 amide bonds. The van der Waals surface area contributed by atoms with Gasteiger partial charge >= 0.3 is 5.97 Å². The number of rotatable bonds is 3. The lowest BCUT2D eigenvalue weighted by Gasteiger charge is -2.67. The van der Waals surface area contributed by atoms with Crippen molar-refractivity contribution >= 4 is 11.5 Å². The first-order chi connectivity index (χ1) is 18.0. The van der Waals surface area contributed by atoms with Crippen LogP contribution in [-0.2, 0) is 4.74 Å². The predicted molar refractivity (Wildman–Crippen MR) is 155 cm³/mol. The van der Waals surface area contributed by atoms with Gasteiger partial charge in [-0.2, -0.15) is 0 Å². The van der Waals surface area contributed by atoms with E-state index in [0.717, 1.165) is 35.5 Å². The van der Waals surface area contributed by atoms with Gasteiger partial charge in [0, 0.05) is 6.04 Å². The number of ether oxygens (including phenoxy) is 1. The van der Waals surface area contributed by atoms with Gasteiger partial charge in [0.15, 0.2) is 0 Å². The van der Waals surface area contributed by atoms with Gasteiger partial charge in [0.05, 0.1) is 12.7 Å². The number of benzene rings is 1. The van der Waals surface area contributed by atoms with Crippen LogP contribution in [-0.4, -0.2) is 19.1 Å². The fourth-order valence-corrected chi connectivity index (χ4v) is 11.8. The van der Waals surface area contributed by atoms with Crippen molar-refractivity contribution in [2.24, 2.45) is 63.4 Å². The molecule has 0 radical (unpaired) electrons. The third-order valence-corrected chi connectivity index (χ3v) is 13.6. The second-order valence-corrected chi connectivity index (χ2v) is 15.1. The number of nitrogens with two attached hydrogens (primary N) is 1. The first-order valence-corrected chi connectivity index (χ1v) is 15.7. The zero-order valence-electron chi connectivity index (χ0n) is 24.8. The van der Waals surface area contributed by atoms with Crippen LogP contribution >= 0.6 is 0 Å². The standard InChI is InChI=1S/C35H51NO2/c1-21-25(23-7-9-24(10-8-23)32(37)38-6)14-19-34(4)28(21)16-20-35(5)29-15-18-33(3)17-13-26(22(2)36)31(33)27(29)11-12-30(34)35/h7-10,14,21-22,26-31H,11-13,15-20,36H2,1-6H3/t21?,22?,26-,27?,28?,29?,30?,31?,33?,34?,35?/m1/s1. The van der Waals surface area contributed by atoms with Gasteiger partial charge in [0.1, 0.15) is 0 Å². The van der Waals surface area contributed by atoms with Gasteiger partial charge in [0.2, 0.25) is 0 Å². The Hall–Kier alpha value is -1.61. The molecule has 0 spiro atoms. The van der Waals surface area contributed by atoms with Crippen molar-refractivity contribution in [3.05, 3.63) is 41.5 Å². The van der Waals surface area contributed by atoms with Crippen LogP contribution < -0.4 is 5.73 Å². The smallest absolute Gasteiger partial charge is 0.337 e. The minimum Gasteiger partial charge on any atom is -0.465 e. The number of allylic oxidation sites excluding steroid dienone is 2. The van der Waals surface area contributed by atoms with Gasteiger partial charge in [0.25, 0.3) is 0 Å². The van der Waals surface area contributed by atoms with Crippen LogP contribution in [0.15, 0.2) is 30.3 Å². The molecule has 0 aliphatic heterocycles. The molecule has 3 heteroatoms. The molecule has 10 unspecified atom stereocenters. The molecule has 2 N–H and O–H groups in total. The Kier molecular flexibility index (Phi) is 6.45. The molecular weight excluding hydrogens is 466 g/mol. The quantitative estimate of drug-likeness (QED) is 0.412. The molecule has 38 heavy (non-hydrogen) atoms. The number of carbonyl (C=O) groups excluding carboxylic acids is 1. The lowest BCUT2D eigenvalue weighted by atomic mass is 9.37. The Balaban J connectivity index is 1.28. The second kappa shape index (κ2) is 9.22. The molecule has 4 saturated carbocycles. The summed E-state index contributed by atoms with van der Waals surface area (Å²) in [4.78, 5) is 11.9. The molecule has 0 saturated heterocycles. The van der Waals surface area contributed by atoms with E-state index in [1.54, 1.807) is 0 Å². The minimum absolute atomic E-state index is 0.259. The highest BCUT2D eigenvalue weighted by molar-refractivity contribution is 5.89. The molecular formula is C35H51NO2. The monoisotopic (exact) mass is 517 g/mol. The highest BCUT2D eigenvalue weighted by Gasteiger charge is 2.64. The summed E-state index contributed by atoms with van der Waals surface area (Å²) in [6.07, 6.45) is 15.0. The van der Waals surface area contributed by atoms with Crippen LogP contribution in [0.25, 0.3) is 5.57 Å². The summed E-state index contributed by atoms with van der Waals surface area (Å²) in [6.45, 7) is 12.8. The van der Waals surface area contributed by atoms with Crippen LogP contribution in [0.2, 0.25) is 0 Å². The van der Waals surface area contributed by atoms with Crippen molar-refractivity contribution in [1.29, 1.82) is 0 Å². The average molecular weight is 518 g/mol. The van der Waals surface area contributed by atoms with E-state index >= 15 is 0 Å². The van der Waals surface area contributed by atoms with E-state index < -0.39 is 0 Å². The summed E-state index contributed by atoms with van der Waals surface area (Å²) in [5.41, 5.74) is 11.4. The fourth-order valence-electron chi connectivity index (χ4n) is 11.8. The number of methoxy groups -OCH3 is 1. The molecule has 0 heterocycles. The maximum absolute atomic E-state index is 11.9. The molecule has 5 aliphatic carbocycles. The number of hydrogen-bond donors (Lipinski definition) is 1. The SMILES string of the molecule is COC(=O)c1ccc(C2=CCC3(C)C(CCC4(C)C5CCC6(C)CC[C@H](C(C)N)C6C5CCC34)C2C)cc1. The lowest BCUT2D eigenvalue weighted by molar-refractivity contribution is -0.173.